The Kier molecular flexibility index (Phi) is 5.31. The summed E-state index contributed by atoms with van der Waals surface area (Å²) in [5.41, 5.74) is -0.443. The summed E-state index contributed by atoms with van der Waals surface area (Å²) in [5, 5.41) is 6.05. The molecule has 2 N–H and O–H groups in total. The van der Waals surface area contributed by atoms with Gasteiger partial charge in [-0.2, -0.15) is 11.8 Å². The molecule has 5 heteroatoms. The Morgan fingerprint density at radius 2 is 2.00 bits per heavy atom. The molecule has 0 aromatic rings. The maximum Gasteiger partial charge on any atom is 0.239 e. The Bertz CT molecular complexity index is 281. The van der Waals surface area contributed by atoms with Crippen molar-refractivity contribution in [3.05, 3.63) is 0 Å². The van der Waals surface area contributed by atoms with Crippen LogP contribution in [-0.2, 0) is 9.59 Å². The van der Waals surface area contributed by atoms with Crippen LogP contribution >= 0.6 is 11.8 Å². The number of rotatable bonds is 4. The highest BCUT2D eigenvalue weighted by atomic mass is 32.2. The third-order valence-electron chi connectivity index (χ3n) is 2.64. The van der Waals surface area contributed by atoms with Crippen LogP contribution in [0, 0.1) is 5.41 Å². The second-order valence-corrected chi connectivity index (χ2v) is 6.78. The molecule has 0 spiro atoms. The first-order valence-electron chi connectivity index (χ1n) is 6.06. The third-order valence-corrected chi connectivity index (χ3v) is 4.04. The molecule has 0 aromatic heterocycles. The molecule has 0 bridgehead atoms. The molecule has 0 aliphatic carbocycles. The molecule has 0 unspecified atom stereocenters. The van der Waals surface area contributed by atoms with Crippen molar-refractivity contribution in [3.63, 3.8) is 0 Å². The normalized spacial score (nSPS) is 20.1. The SMILES string of the molecule is CC(C)(C)C(=O)NCC(=O)NC[C@@H]1CCCS1. The molecule has 0 aromatic carbocycles. The lowest BCUT2D eigenvalue weighted by Gasteiger charge is -2.17. The van der Waals surface area contributed by atoms with Crippen LogP contribution in [-0.4, -0.2) is 35.9 Å². The fraction of sp³-hybridized carbons (Fsp3) is 0.833. The van der Waals surface area contributed by atoms with Crippen molar-refractivity contribution in [1.82, 2.24) is 10.6 Å². The van der Waals surface area contributed by atoms with Crippen molar-refractivity contribution < 1.29 is 9.59 Å². The number of hydrogen-bond donors (Lipinski definition) is 2. The molecule has 1 fully saturated rings. The highest BCUT2D eigenvalue weighted by Crippen LogP contribution is 2.25. The van der Waals surface area contributed by atoms with Crippen LogP contribution in [0.5, 0.6) is 0 Å². The van der Waals surface area contributed by atoms with Gasteiger partial charge < -0.3 is 10.6 Å². The lowest BCUT2D eigenvalue weighted by Crippen LogP contribution is -2.42. The summed E-state index contributed by atoms with van der Waals surface area (Å²) in [4.78, 5) is 23.0. The van der Waals surface area contributed by atoms with Crippen molar-refractivity contribution in [3.8, 4) is 0 Å². The van der Waals surface area contributed by atoms with Gasteiger partial charge in [0.25, 0.3) is 0 Å². The predicted octanol–water partition coefficient (Wildman–Crippen LogP) is 1.16. The van der Waals surface area contributed by atoms with E-state index in [2.05, 4.69) is 10.6 Å². The van der Waals surface area contributed by atoms with Crippen LogP contribution in [0.25, 0.3) is 0 Å². The van der Waals surface area contributed by atoms with Crippen molar-refractivity contribution in [1.29, 1.82) is 0 Å². The number of hydrogen-bond acceptors (Lipinski definition) is 3. The standard InChI is InChI=1S/C12H22N2O2S/c1-12(2,3)11(16)14-8-10(15)13-7-9-5-4-6-17-9/h9H,4-8H2,1-3H3,(H,13,15)(H,14,16)/t9-/m0/s1. The van der Waals surface area contributed by atoms with Crippen LogP contribution in [0.4, 0.5) is 0 Å². The average molecular weight is 258 g/mol. The Morgan fingerprint density at radius 1 is 1.29 bits per heavy atom. The van der Waals surface area contributed by atoms with Crippen LogP contribution < -0.4 is 10.6 Å². The summed E-state index contributed by atoms with van der Waals surface area (Å²) < 4.78 is 0. The predicted molar refractivity (Wildman–Crippen MR) is 71.0 cm³/mol. The van der Waals surface area contributed by atoms with Gasteiger partial charge in [-0.05, 0) is 18.6 Å². The largest absolute Gasteiger partial charge is 0.353 e. The van der Waals surface area contributed by atoms with E-state index in [1.807, 2.05) is 32.5 Å². The molecule has 1 heterocycles. The minimum absolute atomic E-state index is 0.0769. The van der Waals surface area contributed by atoms with E-state index in [1.54, 1.807) is 0 Å². The molecule has 4 nitrogen and oxygen atoms in total. The van der Waals surface area contributed by atoms with Crippen LogP contribution in [0.3, 0.4) is 0 Å². The topological polar surface area (TPSA) is 58.2 Å². The summed E-state index contributed by atoms with van der Waals surface area (Å²) in [7, 11) is 0. The highest BCUT2D eigenvalue weighted by molar-refractivity contribution is 8.00. The van der Waals surface area contributed by atoms with Crippen LogP contribution in [0.2, 0.25) is 0 Å². The van der Waals surface area contributed by atoms with E-state index < -0.39 is 5.41 Å². The second kappa shape index (κ2) is 6.28. The van der Waals surface area contributed by atoms with Gasteiger partial charge in [-0.15, -0.1) is 0 Å². The number of carbonyl (C=O) groups is 2. The zero-order chi connectivity index (χ0) is 12.9. The van der Waals surface area contributed by atoms with Gasteiger partial charge in [0.05, 0.1) is 6.54 Å². The van der Waals surface area contributed by atoms with Crippen molar-refractivity contribution in [2.45, 2.75) is 38.9 Å². The minimum atomic E-state index is -0.443. The third kappa shape index (κ3) is 5.44. The van der Waals surface area contributed by atoms with E-state index in [9.17, 15) is 9.59 Å². The monoisotopic (exact) mass is 258 g/mol. The van der Waals surface area contributed by atoms with E-state index in [-0.39, 0.29) is 18.4 Å². The van der Waals surface area contributed by atoms with E-state index in [0.29, 0.717) is 5.25 Å². The summed E-state index contributed by atoms with van der Waals surface area (Å²) in [6.07, 6.45) is 2.42. The molecule has 0 radical (unpaired) electrons. The summed E-state index contributed by atoms with van der Waals surface area (Å²) in [6.45, 7) is 6.28. The van der Waals surface area contributed by atoms with Gasteiger partial charge in [0.1, 0.15) is 0 Å². The Morgan fingerprint density at radius 3 is 2.53 bits per heavy atom. The number of nitrogens with one attached hydrogen (secondary N) is 2. The molecule has 1 rings (SSSR count). The molecule has 1 saturated heterocycles. The lowest BCUT2D eigenvalue weighted by molar-refractivity contribution is -0.131. The van der Waals surface area contributed by atoms with Crippen molar-refractivity contribution in [2.24, 2.45) is 5.41 Å². The number of amides is 2. The van der Waals surface area contributed by atoms with Gasteiger partial charge in [-0.1, -0.05) is 20.8 Å². The molecule has 0 saturated carbocycles. The van der Waals surface area contributed by atoms with Crippen molar-refractivity contribution in [2.75, 3.05) is 18.8 Å². The van der Waals surface area contributed by atoms with E-state index >= 15 is 0 Å². The second-order valence-electron chi connectivity index (χ2n) is 5.37. The maximum absolute atomic E-state index is 11.5. The zero-order valence-corrected chi connectivity index (χ0v) is 11.7. The van der Waals surface area contributed by atoms with Gasteiger partial charge in [-0.3, -0.25) is 9.59 Å². The quantitative estimate of drug-likeness (QED) is 0.795. The summed E-state index contributed by atoms with van der Waals surface area (Å²) in [6, 6.07) is 0. The van der Waals surface area contributed by atoms with Crippen LogP contribution in [0.15, 0.2) is 0 Å². The first-order chi connectivity index (χ1) is 7.89. The van der Waals surface area contributed by atoms with Gasteiger partial charge in [0, 0.05) is 17.2 Å². The first kappa shape index (κ1) is 14.4. The van der Waals surface area contributed by atoms with E-state index in [0.717, 1.165) is 6.54 Å². The minimum Gasteiger partial charge on any atom is -0.353 e. The zero-order valence-electron chi connectivity index (χ0n) is 10.8. The first-order valence-corrected chi connectivity index (χ1v) is 7.11. The number of carbonyl (C=O) groups excluding carboxylic acids is 2. The van der Waals surface area contributed by atoms with Gasteiger partial charge in [-0.25, -0.2) is 0 Å². The van der Waals surface area contributed by atoms with E-state index in [4.69, 9.17) is 0 Å². The molecule has 2 amide bonds. The molecule has 1 atom stereocenters. The fourth-order valence-electron chi connectivity index (χ4n) is 1.52. The smallest absolute Gasteiger partial charge is 0.239 e. The molecule has 98 valence electrons. The average Bonchev–Trinajstić information content (AvgIpc) is 2.74. The molecular formula is C12H22N2O2S. The molecule has 1 aliphatic rings. The Balaban J connectivity index is 2.14. The lowest BCUT2D eigenvalue weighted by atomic mass is 9.96. The van der Waals surface area contributed by atoms with Gasteiger partial charge in [0.15, 0.2) is 0 Å². The van der Waals surface area contributed by atoms with Gasteiger partial charge in [0.2, 0.25) is 11.8 Å². The fourth-order valence-corrected chi connectivity index (χ4v) is 2.72. The molecular weight excluding hydrogens is 236 g/mol. The molecule has 1 aliphatic heterocycles. The van der Waals surface area contributed by atoms with E-state index in [1.165, 1.54) is 18.6 Å². The van der Waals surface area contributed by atoms with Crippen molar-refractivity contribution >= 4 is 23.6 Å². The Hall–Kier alpha value is -0.710. The highest BCUT2D eigenvalue weighted by Gasteiger charge is 2.21. The summed E-state index contributed by atoms with van der Waals surface area (Å²) in [5.74, 6) is 0.999. The molecule has 17 heavy (non-hydrogen) atoms. The Labute approximate surface area is 107 Å². The maximum atomic E-state index is 11.5. The van der Waals surface area contributed by atoms with Gasteiger partial charge >= 0.3 is 0 Å². The van der Waals surface area contributed by atoms with Crippen LogP contribution in [0.1, 0.15) is 33.6 Å². The summed E-state index contributed by atoms with van der Waals surface area (Å²) >= 11 is 1.91. The number of thioether (sulfide) groups is 1.